The number of esters is 1. The number of hydrogen-bond donors (Lipinski definition) is 1. The summed E-state index contributed by atoms with van der Waals surface area (Å²) in [5.74, 6) is 0.654. The fourth-order valence-electron chi connectivity index (χ4n) is 7.68. The molecule has 1 aromatic heterocycles. The Morgan fingerprint density at radius 2 is 1.89 bits per heavy atom. The average Bonchev–Trinajstić information content (AvgIpc) is 3.65. The topological polar surface area (TPSA) is 82.0 Å². The van der Waals surface area contributed by atoms with Crippen LogP contribution in [0.15, 0.2) is 52.6 Å². The van der Waals surface area contributed by atoms with Crippen molar-refractivity contribution >= 4 is 22.8 Å². The van der Waals surface area contributed by atoms with Gasteiger partial charge in [-0.2, -0.15) is 0 Å². The predicted octanol–water partition coefficient (Wildman–Crippen LogP) is 6.01. The van der Waals surface area contributed by atoms with Crippen molar-refractivity contribution in [1.82, 2.24) is 14.8 Å². The fourth-order valence-corrected chi connectivity index (χ4v) is 7.68. The van der Waals surface area contributed by atoms with Gasteiger partial charge in [-0.1, -0.05) is 37.5 Å². The molecule has 1 fully saturated rings. The van der Waals surface area contributed by atoms with Crippen LogP contribution in [-0.4, -0.2) is 74.5 Å². The number of allylic oxidation sites excluding steroid dienone is 4. The van der Waals surface area contributed by atoms with E-state index in [1.54, 1.807) is 7.11 Å². The Kier molecular flexibility index (Phi) is 8.99. The monoisotopic (exact) mass is 615 g/mol. The molecule has 6 rings (SSSR count). The van der Waals surface area contributed by atoms with Crippen molar-refractivity contribution in [3.63, 3.8) is 0 Å². The molecule has 0 unspecified atom stereocenters. The second-order valence-electron chi connectivity index (χ2n) is 14.0. The van der Waals surface area contributed by atoms with Gasteiger partial charge in [0.25, 0.3) is 0 Å². The lowest BCUT2D eigenvalue weighted by Gasteiger charge is -2.33. The summed E-state index contributed by atoms with van der Waals surface area (Å²) in [6.45, 7) is 8.69. The molecule has 0 bridgehead atoms. The minimum absolute atomic E-state index is 0.0962. The van der Waals surface area contributed by atoms with Crippen molar-refractivity contribution in [2.45, 2.75) is 83.3 Å². The summed E-state index contributed by atoms with van der Waals surface area (Å²) < 4.78 is 20.0. The Balaban J connectivity index is 1.46. The molecule has 45 heavy (non-hydrogen) atoms. The van der Waals surface area contributed by atoms with Crippen LogP contribution >= 0.6 is 0 Å². The Hall–Kier alpha value is -3.36. The number of hydrogen-bond acceptors (Lipinski definition) is 6. The lowest BCUT2D eigenvalue weighted by molar-refractivity contribution is -0.149. The first kappa shape index (κ1) is 31.6. The zero-order chi connectivity index (χ0) is 31.9. The van der Waals surface area contributed by atoms with Crippen LogP contribution in [0.4, 0.5) is 0 Å². The molecule has 1 aromatic carbocycles. The third-order valence-electron chi connectivity index (χ3n) is 9.85. The van der Waals surface area contributed by atoms with Gasteiger partial charge in [0, 0.05) is 43.7 Å². The van der Waals surface area contributed by atoms with Crippen molar-refractivity contribution in [2.24, 2.45) is 5.92 Å². The van der Waals surface area contributed by atoms with Gasteiger partial charge in [-0.3, -0.25) is 4.79 Å². The number of carbonyl (C=O) groups is 2. The van der Waals surface area contributed by atoms with Gasteiger partial charge in [0.2, 0.25) is 5.91 Å². The molecule has 2 atom stereocenters. The van der Waals surface area contributed by atoms with Crippen LogP contribution in [0.3, 0.4) is 0 Å². The van der Waals surface area contributed by atoms with E-state index < -0.39 is 5.60 Å². The molecule has 4 aliphatic rings. The number of fused-ring (bicyclic) bond motifs is 6. The minimum atomic E-state index is -0.594. The summed E-state index contributed by atoms with van der Waals surface area (Å²) in [5.41, 5.74) is 6.82. The molecule has 242 valence electrons. The molecule has 8 nitrogen and oxygen atoms in total. The molecule has 1 N–H and O–H groups in total. The van der Waals surface area contributed by atoms with Crippen LogP contribution in [0, 0.1) is 5.92 Å². The van der Waals surface area contributed by atoms with Crippen LogP contribution in [0.2, 0.25) is 0 Å². The highest BCUT2D eigenvalue weighted by Crippen LogP contribution is 2.55. The van der Waals surface area contributed by atoms with Gasteiger partial charge in [0.15, 0.2) is 0 Å². The number of methoxy groups -OCH3 is 1. The van der Waals surface area contributed by atoms with Gasteiger partial charge in [-0.15, -0.1) is 0 Å². The third-order valence-corrected chi connectivity index (χ3v) is 9.85. The zero-order valence-electron chi connectivity index (χ0n) is 27.8. The lowest BCUT2D eigenvalue weighted by atomic mass is 9.76. The summed E-state index contributed by atoms with van der Waals surface area (Å²) in [6.07, 6.45) is 11.0. The highest BCUT2D eigenvalue weighted by Gasteiger charge is 2.48. The maximum absolute atomic E-state index is 14.2. The van der Waals surface area contributed by atoms with Gasteiger partial charge in [-0.25, -0.2) is 4.79 Å². The van der Waals surface area contributed by atoms with E-state index in [0.717, 1.165) is 40.1 Å². The first-order chi connectivity index (χ1) is 21.6. The number of aromatic nitrogens is 1. The van der Waals surface area contributed by atoms with Gasteiger partial charge in [0.05, 0.1) is 37.3 Å². The van der Waals surface area contributed by atoms with Gasteiger partial charge in [0.1, 0.15) is 11.4 Å². The molecule has 3 aliphatic carbocycles. The molecule has 0 spiro atoms. The summed E-state index contributed by atoms with van der Waals surface area (Å²) in [6, 6.07) is 6.64. The summed E-state index contributed by atoms with van der Waals surface area (Å²) in [5, 5.41) is 4.17. The number of benzene rings is 1. The lowest BCUT2D eigenvalue weighted by Crippen LogP contribution is -2.39. The summed E-state index contributed by atoms with van der Waals surface area (Å²) in [4.78, 5) is 29.6. The van der Waals surface area contributed by atoms with Gasteiger partial charge < -0.3 is 29.0 Å². The fraction of sp³-hybridized carbons (Fsp3) is 0.568. The highest BCUT2D eigenvalue weighted by atomic mass is 16.6. The third kappa shape index (κ3) is 6.11. The van der Waals surface area contributed by atoms with E-state index in [0.29, 0.717) is 44.2 Å². The second kappa shape index (κ2) is 12.8. The number of likely N-dealkylation sites (N-methyl/N-ethyl adjacent to an activating group) is 2. The van der Waals surface area contributed by atoms with Crippen LogP contribution in [0.25, 0.3) is 10.9 Å². The number of carbonyl (C=O) groups excluding carboxylic acids is 2. The van der Waals surface area contributed by atoms with Crippen molar-refractivity contribution in [1.29, 1.82) is 0 Å². The Morgan fingerprint density at radius 1 is 1.11 bits per heavy atom. The number of nitrogens with one attached hydrogen (secondary N) is 1. The molecule has 2 aromatic rings. The quantitative estimate of drug-likeness (QED) is 0.260. The molecule has 8 heteroatoms. The normalized spacial score (nSPS) is 21.3. The molecule has 1 aliphatic heterocycles. The van der Waals surface area contributed by atoms with Crippen molar-refractivity contribution < 1.29 is 23.8 Å². The molecular formula is C37H49N3O5. The van der Waals surface area contributed by atoms with E-state index in [9.17, 15) is 9.59 Å². The van der Waals surface area contributed by atoms with Crippen LogP contribution in [0.5, 0.6) is 5.75 Å². The van der Waals surface area contributed by atoms with Crippen molar-refractivity contribution in [3.05, 3.63) is 63.9 Å². The Labute approximate surface area is 267 Å². The van der Waals surface area contributed by atoms with E-state index in [1.807, 2.05) is 39.8 Å². The smallest absolute Gasteiger partial charge is 0.339 e. The molecule has 2 heterocycles. The zero-order valence-corrected chi connectivity index (χ0v) is 27.8. The second-order valence-corrected chi connectivity index (χ2v) is 14.0. The number of nitrogens with zero attached hydrogens (tertiary/aromatic N) is 2. The largest absolute Gasteiger partial charge is 0.496 e. The van der Waals surface area contributed by atoms with E-state index in [2.05, 4.69) is 40.2 Å². The SMILES string of the molecule is CNCCOCCN(C)C(=O)[C@@H]1CC=CC2=C3C(=C3C(=O)OC(C)(C)C)Cn3c(cc4c(OC)ccc(C5CCCCC5)c43)[C@H]21. The summed E-state index contributed by atoms with van der Waals surface area (Å²) >= 11 is 0. The molecule has 1 amide bonds. The molecular weight excluding hydrogens is 566 g/mol. The number of ether oxygens (including phenoxy) is 3. The Morgan fingerprint density at radius 3 is 2.60 bits per heavy atom. The first-order valence-electron chi connectivity index (χ1n) is 16.7. The maximum Gasteiger partial charge on any atom is 0.339 e. The first-order valence-corrected chi connectivity index (χ1v) is 16.7. The van der Waals surface area contributed by atoms with Crippen LogP contribution in [-0.2, 0) is 25.6 Å². The standard InChI is InChI=1S/C37H49N3O5/c1-37(2,3)45-36(42)33-28-22-40-29(21-27-30(43-6)16-15-24(34(27)40)23-11-8-7-9-12-23)31-25(32(28)33)13-10-14-26(31)35(41)39(5)18-20-44-19-17-38-4/h10,13,15-16,21,23,26,31,38H,7-9,11-12,14,17-20,22H2,1-6H3/t26-,31-/m1/s1. The van der Waals surface area contributed by atoms with Crippen LogP contribution < -0.4 is 10.1 Å². The minimum Gasteiger partial charge on any atom is -0.496 e. The molecule has 0 saturated heterocycles. The van der Waals surface area contributed by atoms with E-state index in [4.69, 9.17) is 14.2 Å². The van der Waals surface area contributed by atoms with E-state index >= 15 is 0 Å². The van der Waals surface area contributed by atoms with Crippen LogP contribution in [0.1, 0.15) is 82.4 Å². The highest BCUT2D eigenvalue weighted by molar-refractivity contribution is 6.06. The molecule has 1 saturated carbocycles. The van der Waals surface area contributed by atoms with E-state index in [-0.39, 0.29) is 23.7 Å². The van der Waals surface area contributed by atoms with Crippen molar-refractivity contribution in [2.75, 3.05) is 47.5 Å². The molecule has 0 radical (unpaired) electrons. The maximum atomic E-state index is 14.2. The van der Waals surface area contributed by atoms with Crippen molar-refractivity contribution in [3.8, 4) is 5.75 Å². The summed E-state index contributed by atoms with van der Waals surface area (Å²) in [7, 11) is 5.50. The Bertz CT molecular complexity index is 1570. The van der Waals surface area contributed by atoms with Gasteiger partial charge in [-0.05, 0) is 87.4 Å². The van der Waals surface area contributed by atoms with E-state index in [1.165, 1.54) is 43.2 Å². The van der Waals surface area contributed by atoms with Gasteiger partial charge >= 0.3 is 5.97 Å². The average molecular weight is 616 g/mol. The predicted molar refractivity (Wildman–Crippen MR) is 177 cm³/mol. The number of rotatable bonds is 10. The number of amides is 1.